The average molecular weight is 226 g/mol. The van der Waals surface area contributed by atoms with Crippen LogP contribution < -0.4 is 0 Å². The highest BCUT2D eigenvalue weighted by atomic mass is 15.1. The van der Waals surface area contributed by atoms with E-state index < -0.39 is 0 Å². The van der Waals surface area contributed by atoms with Gasteiger partial charge in [-0.2, -0.15) is 0 Å². The van der Waals surface area contributed by atoms with Crippen molar-refractivity contribution in [1.29, 1.82) is 0 Å². The summed E-state index contributed by atoms with van der Waals surface area (Å²) >= 11 is 0. The van der Waals surface area contributed by atoms with Crippen LogP contribution in [-0.4, -0.2) is 9.55 Å². The summed E-state index contributed by atoms with van der Waals surface area (Å²) in [7, 11) is 0. The van der Waals surface area contributed by atoms with E-state index in [1.54, 1.807) is 0 Å². The average Bonchev–Trinajstić information content (AvgIpc) is 2.77. The minimum Gasteiger partial charge on any atom is -0.325 e. The lowest BCUT2D eigenvalue weighted by Crippen LogP contribution is -2.18. The number of nitrogens with zero attached hydrogens (tertiary/aromatic N) is 2. The van der Waals surface area contributed by atoms with Crippen molar-refractivity contribution in [3.63, 3.8) is 0 Å². The van der Waals surface area contributed by atoms with Crippen LogP contribution in [0.4, 0.5) is 0 Å². The summed E-state index contributed by atoms with van der Waals surface area (Å²) in [6.07, 6.45) is 5.69. The van der Waals surface area contributed by atoms with E-state index in [1.807, 2.05) is 0 Å². The van der Waals surface area contributed by atoms with Gasteiger partial charge in [0.1, 0.15) is 5.82 Å². The highest BCUT2D eigenvalue weighted by Gasteiger charge is 2.41. The zero-order valence-corrected chi connectivity index (χ0v) is 10.3. The minimum absolute atomic E-state index is 0.708. The molecule has 1 heterocycles. The third-order valence-corrected chi connectivity index (χ3v) is 4.86. The van der Waals surface area contributed by atoms with Crippen LogP contribution in [-0.2, 0) is 0 Å². The van der Waals surface area contributed by atoms with E-state index in [4.69, 9.17) is 4.98 Å². The summed E-state index contributed by atoms with van der Waals surface area (Å²) in [6, 6.07) is 9.26. The van der Waals surface area contributed by atoms with E-state index >= 15 is 0 Å². The molecular formula is C15H18N2. The van der Waals surface area contributed by atoms with E-state index in [0.717, 1.165) is 17.4 Å². The molecule has 4 rings (SSSR count). The Labute approximate surface area is 102 Å². The lowest BCUT2D eigenvalue weighted by molar-refractivity contribution is 0.219. The summed E-state index contributed by atoms with van der Waals surface area (Å²) in [4.78, 5) is 4.69. The van der Waals surface area contributed by atoms with E-state index in [0.29, 0.717) is 6.04 Å². The normalized spacial score (nSPS) is 31.5. The Morgan fingerprint density at radius 2 is 1.82 bits per heavy atom. The van der Waals surface area contributed by atoms with Crippen LogP contribution in [0.25, 0.3) is 11.0 Å². The van der Waals surface area contributed by atoms with Gasteiger partial charge in [-0.1, -0.05) is 12.1 Å². The van der Waals surface area contributed by atoms with Gasteiger partial charge in [0.2, 0.25) is 0 Å². The third kappa shape index (κ3) is 1.30. The van der Waals surface area contributed by atoms with Gasteiger partial charge in [-0.25, -0.2) is 4.98 Å². The van der Waals surface area contributed by atoms with Gasteiger partial charge < -0.3 is 4.57 Å². The van der Waals surface area contributed by atoms with Crippen LogP contribution in [0.1, 0.15) is 37.5 Å². The van der Waals surface area contributed by atoms with Gasteiger partial charge in [-0.05, 0) is 56.6 Å². The van der Waals surface area contributed by atoms with Crippen molar-refractivity contribution in [2.45, 2.75) is 38.6 Å². The molecule has 1 aromatic carbocycles. The Bertz CT molecular complexity index is 557. The summed E-state index contributed by atoms with van der Waals surface area (Å²) in [5.41, 5.74) is 2.49. The molecule has 0 bridgehead atoms. The molecule has 2 nitrogen and oxygen atoms in total. The second-order valence-electron chi connectivity index (χ2n) is 5.74. The predicted molar refractivity (Wildman–Crippen MR) is 69.0 cm³/mol. The van der Waals surface area contributed by atoms with Gasteiger partial charge in [-0.15, -0.1) is 0 Å². The number of hydrogen-bond donors (Lipinski definition) is 0. The van der Waals surface area contributed by atoms with Crippen LogP contribution in [0.15, 0.2) is 24.3 Å². The van der Waals surface area contributed by atoms with Crippen molar-refractivity contribution in [3.8, 4) is 0 Å². The first kappa shape index (κ1) is 9.69. The Morgan fingerprint density at radius 3 is 2.53 bits per heavy atom. The number of aryl methyl sites for hydroxylation is 1. The number of imidazole rings is 1. The topological polar surface area (TPSA) is 17.8 Å². The van der Waals surface area contributed by atoms with Crippen molar-refractivity contribution in [3.05, 3.63) is 30.1 Å². The van der Waals surface area contributed by atoms with Gasteiger partial charge in [0.05, 0.1) is 11.0 Å². The molecule has 2 aliphatic carbocycles. The van der Waals surface area contributed by atoms with E-state index in [2.05, 4.69) is 35.8 Å². The maximum Gasteiger partial charge on any atom is 0.106 e. The summed E-state index contributed by atoms with van der Waals surface area (Å²) in [5.74, 6) is 3.22. The molecule has 2 aliphatic rings. The van der Waals surface area contributed by atoms with Gasteiger partial charge in [-0.3, -0.25) is 0 Å². The molecule has 0 radical (unpaired) electrons. The fourth-order valence-corrected chi connectivity index (χ4v) is 3.89. The van der Waals surface area contributed by atoms with Crippen molar-refractivity contribution in [2.75, 3.05) is 0 Å². The maximum atomic E-state index is 4.69. The maximum absolute atomic E-state index is 4.69. The first-order chi connectivity index (χ1) is 8.33. The predicted octanol–water partition coefficient (Wildman–Crippen LogP) is 3.71. The van der Waals surface area contributed by atoms with Gasteiger partial charge >= 0.3 is 0 Å². The monoisotopic (exact) mass is 226 g/mol. The Kier molecular flexibility index (Phi) is 1.91. The molecular weight excluding hydrogens is 208 g/mol. The van der Waals surface area contributed by atoms with E-state index in [1.165, 1.54) is 37.0 Å². The van der Waals surface area contributed by atoms with Crippen molar-refractivity contribution in [1.82, 2.24) is 9.55 Å². The molecule has 2 heteroatoms. The quantitative estimate of drug-likeness (QED) is 0.725. The second kappa shape index (κ2) is 3.34. The summed E-state index contributed by atoms with van der Waals surface area (Å²) in [6.45, 7) is 2.15. The van der Waals surface area contributed by atoms with Crippen LogP contribution in [0.2, 0.25) is 0 Å². The largest absolute Gasteiger partial charge is 0.325 e. The number of rotatable bonds is 1. The SMILES string of the molecule is Cc1nc2ccccc2n1C1CC2CCC2C1. The van der Waals surface area contributed by atoms with Crippen molar-refractivity contribution in [2.24, 2.45) is 11.8 Å². The highest BCUT2D eigenvalue weighted by Crippen LogP contribution is 2.51. The number of hydrogen-bond acceptors (Lipinski definition) is 1. The molecule has 88 valence electrons. The molecule has 2 saturated carbocycles. The summed E-state index contributed by atoms with van der Waals surface area (Å²) < 4.78 is 2.49. The molecule has 0 aliphatic heterocycles. The van der Waals surface area contributed by atoms with Crippen LogP contribution in [0.5, 0.6) is 0 Å². The number of aromatic nitrogens is 2. The lowest BCUT2D eigenvalue weighted by Gasteiger charge is -2.29. The number of para-hydroxylation sites is 2. The molecule has 2 fully saturated rings. The number of benzene rings is 1. The van der Waals surface area contributed by atoms with E-state index in [-0.39, 0.29) is 0 Å². The molecule has 2 aromatic rings. The first-order valence-electron chi connectivity index (χ1n) is 6.76. The zero-order valence-electron chi connectivity index (χ0n) is 10.3. The fraction of sp³-hybridized carbons (Fsp3) is 0.533. The van der Waals surface area contributed by atoms with Crippen LogP contribution in [0.3, 0.4) is 0 Å². The minimum atomic E-state index is 0.708. The molecule has 2 unspecified atom stereocenters. The van der Waals surface area contributed by atoms with Gasteiger partial charge in [0, 0.05) is 6.04 Å². The number of fused-ring (bicyclic) bond motifs is 2. The molecule has 1 aromatic heterocycles. The third-order valence-electron chi connectivity index (χ3n) is 4.86. The standard InChI is InChI=1S/C15H18N2/c1-10-16-14-4-2-3-5-15(14)17(10)13-8-11-6-7-12(11)9-13/h2-5,11-13H,6-9H2,1H3. The van der Waals surface area contributed by atoms with Crippen LogP contribution in [0, 0.1) is 18.8 Å². The highest BCUT2D eigenvalue weighted by molar-refractivity contribution is 5.76. The van der Waals surface area contributed by atoms with Gasteiger partial charge in [0.25, 0.3) is 0 Å². The lowest BCUT2D eigenvalue weighted by atomic mass is 9.77. The molecule has 0 saturated heterocycles. The molecule has 0 spiro atoms. The second-order valence-corrected chi connectivity index (χ2v) is 5.74. The van der Waals surface area contributed by atoms with E-state index in [9.17, 15) is 0 Å². The molecule has 0 N–H and O–H groups in total. The Hall–Kier alpha value is -1.31. The first-order valence-corrected chi connectivity index (χ1v) is 6.76. The van der Waals surface area contributed by atoms with Gasteiger partial charge in [0.15, 0.2) is 0 Å². The summed E-state index contributed by atoms with van der Waals surface area (Å²) in [5, 5.41) is 0. The molecule has 0 amide bonds. The Morgan fingerprint density at radius 1 is 1.12 bits per heavy atom. The Balaban J connectivity index is 1.82. The van der Waals surface area contributed by atoms with Crippen molar-refractivity contribution < 1.29 is 0 Å². The zero-order chi connectivity index (χ0) is 11.4. The molecule has 17 heavy (non-hydrogen) atoms. The van der Waals surface area contributed by atoms with Crippen molar-refractivity contribution >= 4 is 11.0 Å². The fourth-order valence-electron chi connectivity index (χ4n) is 3.89. The molecule has 2 atom stereocenters. The van der Waals surface area contributed by atoms with Crippen LogP contribution >= 0.6 is 0 Å². The smallest absolute Gasteiger partial charge is 0.106 e.